The summed E-state index contributed by atoms with van der Waals surface area (Å²) in [4.78, 5) is 112. The molecule has 14 N–H and O–H groups in total. The Morgan fingerprint density at radius 2 is 0.511 bits per heavy atom. The summed E-state index contributed by atoms with van der Waals surface area (Å²) in [7, 11) is -34.3. The van der Waals surface area contributed by atoms with Crippen LogP contribution in [0.25, 0.3) is 33.5 Å². The molecule has 0 saturated carbocycles. The number of rotatable bonds is 64. The van der Waals surface area contributed by atoms with Crippen LogP contribution < -0.4 is 66.2 Å². The Bertz CT molecular complexity index is 4060. The Morgan fingerprint density at radius 1 is 0.321 bits per heavy atom. The zero-order valence-electron chi connectivity index (χ0n) is 85.3. The zero-order chi connectivity index (χ0) is 101. The number of aromatic nitrogens is 12. The van der Waals surface area contributed by atoms with Crippen molar-refractivity contribution in [2.45, 2.75) is 376 Å². The van der Waals surface area contributed by atoms with Gasteiger partial charge in [0.05, 0.1) is 155 Å². The Morgan fingerprint density at radius 3 is 0.701 bits per heavy atom. The number of hydrogen-bond acceptors (Lipinski definition) is 33. The van der Waals surface area contributed by atoms with Crippen molar-refractivity contribution in [2.75, 3.05) is 135 Å². The lowest BCUT2D eigenvalue weighted by Crippen LogP contribution is -3.12. The third-order valence-corrected chi connectivity index (χ3v) is 36.1. The standard InChI is InChI=1S/C31H42N15O21P5.5C12H27N/c32-25-22-28(38-7-35-25)44(10-41-22)19-1-13(47)16(63-19)4-60-68(50,51)31(69(52,53)66-71(56,57)61-5-17-14(48)2-20(64-17)45-11-42-23-26(33)36-8-39-29(23)45)70(54,55)67-72(58,59)62-6-18-15(49)3-21(65-18)46-12-43-24-27(34)37-9-40-30(24)46;5*1-4-7-10-13(11-8-5-2)12-9-6-3/h7-21,31,47-49H,1-6H2,(H,50,51)(H,52,53)(H,54,55)(H,56,57)(H,58,59)(H2,32,35,38)(H2,33,36,39)(H2,34,37,40);5*4-12H2,1-3H3/t13-,14-,15-,16+,17+,18+,19+,20+,21+;;;;;/m0...../s1. The molecule has 0 aliphatic carbocycles. The number of aliphatic hydroxyl groups excluding tert-OH is 3. The van der Waals surface area contributed by atoms with Gasteiger partial charge >= 0.3 is 0 Å². The average molecular weight is 2040 g/mol. The van der Waals surface area contributed by atoms with E-state index in [9.17, 15) is 62.6 Å². The maximum Gasteiger partial charge on any atom is 0.272 e. The van der Waals surface area contributed by atoms with Crippen molar-refractivity contribution < 1.29 is 124 Å². The van der Waals surface area contributed by atoms with E-state index < -0.39 is 119 Å². The Hall–Kier alpha value is -4.64. The summed E-state index contributed by atoms with van der Waals surface area (Å²) in [6, 6.07) is 0. The smallest absolute Gasteiger partial charge is 0.272 e. The molecule has 792 valence electrons. The van der Waals surface area contributed by atoms with Crippen LogP contribution in [0.1, 0.15) is 334 Å². The fourth-order valence-corrected chi connectivity index (χ4v) is 26.6. The molecular weight excluding hydrogens is 1860 g/mol. The van der Waals surface area contributed by atoms with Crippen molar-refractivity contribution in [1.82, 2.24) is 58.6 Å². The summed E-state index contributed by atoms with van der Waals surface area (Å²) in [5.41, 5.74) is 18.2. The monoisotopic (exact) mass is 2040 g/mol. The fourth-order valence-electron chi connectivity index (χ4n) is 16.1. The number of hydrogen-bond donors (Lipinski definition) is 11. The van der Waals surface area contributed by atoms with Crippen molar-refractivity contribution in [3.05, 3.63) is 38.0 Å². The van der Waals surface area contributed by atoms with Gasteiger partial charge in [-0.25, -0.2) is 44.9 Å². The number of imidazole rings is 3. The molecule has 0 aromatic carbocycles. The van der Waals surface area contributed by atoms with Crippen LogP contribution in [0.5, 0.6) is 0 Å². The minimum Gasteiger partial charge on any atom is -0.778 e. The second kappa shape index (κ2) is 68.6. The summed E-state index contributed by atoms with van der Waals surface area (Å²) < 4.78 is 110. The predicted octanol–water partition coefficient (Wildman–Crippen LogP) is 7.52. The van der Waals surface area contributed by atoms with E-state index in [0.717, 1.165) is 19.0 Å². The Kier molecular flexibility index (Phi) is 62.4. The van der Waals surface area contributed by atoms with Gasteiger partial charge in [0.25, 0.3) is 15.6 Å². The zero-order valence-corrected chi connectivity index (χ0v) is 89.8. The number of aliphatic hydroxyl groups is 3. The highest BCUT2D eigenvalue weighted by molar-refractivity contribution is 7.89. The summed E-state index contributed by atoms with van der Waals surface area (Å²) in [5, 5.41) is 27.7. The minimum atomic E-state index is -7.23. The molecule has 46 heteroatoms. The number of nitrogens with two attached hydrogens (primary N) is 3. The first kappa shape index (κ1) is 125. The largest absolute Gasteiger partial charge is 0.778 e. The number of ether oxygens (including phenoxy) is 3. The number of quaternary nitrogens is 5. The van der Waals surface area contributed by atoms with Gasteiger partial charge in [0, 0.05) is 19.3 Å². The third kappa shape index (κ3) is 45.3. The van der Waals surface area contributed by atoms with Crippen molar-refractivity contribution in [3.63, 3.8) is 0 Å². The molecule has 3 aliphatic heterocycles. The van der Waals surface area contributed by atoms with E-state index in [4.69, 9.17) is 35.9 Å². The molecule has 9 rings (SSSR count). The van der Waals surface area contributed by atoms with Gasteiger partial charge in [-0.05, 0) is 96.3 Å². The highest BCUT2D eigenvalue weighted by atomic mass is 31.3. The lowest BCUT2D eigenvalue weighted by molar-refractivity contribution is -0.900. The number of phosphoric ester groups is 2. The molecule has 6 aromatic heterocycles. The Labute approximate surface area is 816 Å². The summed E-state index contributed by atoms with van der Waals surface area (Å²) >= 11 is 0. The molecule has 0 bridgehead atoms. The predicted molar refractivity (Wildman–Crippen MR) is 526 cm³/mol. The normalized spacial score (nSPS) is 20.7. The molecule has 14 atom stereocenters. The molecular formula is C91H177N20O21P5. The van der Waals surface area contributed by atoms with E-state index in [1.54, 1.807) is 0 Å². The first-order valence-corrected chi connectivity index (χ1v) is 59.2. The van der Waals surface area contributed by atoms with Crippen LogP contribution in [0.4, 0.5) is 17.5 Å². The summed E-state index contributed by atoms with van der Waals surface area (Å²) in [5.74, 6) is -0.0570. The van der Waals surface area contributed by atoms with Crippen molar-refractivity contribution in [2.24, 2.45) is 0 Å². The van der Waals surface area contributed by atoms with Crippen molar-refractivity contribution in [3.8, 4) is 0 Å². The molecule has 6 aromatic rings. The van der Waals surface area contributed by atoms with Crippen LogP contribution in [0.15, 0.2) is 38.0 Å². The summed E-state index contributed by atoms with van der Waals surface area (Å²) in [6.07, 6.45) is 34.3. The van der Waals surface area contributed by atoms with Gasteiger partial charge in [0.1, 0.15) is 72.5 Å². The topological polar surface area (TPSA) is 566 Å². The SMILES string of the molecule is CCCC[NH+](CCCC)CCCC.CCCC[NH+](CCCC)CCCC.CCCC[NH+](CCCC)CCCC.CCCC[NH+](CCCC)CCCC.CCCC[NH+](CCCC)CCCC.Nc1ncnc2c1ncn2[C@H]1C[C@H](O)[C@@H](COP(=O)([O-])OP(=O)([O-])C(P(=O)([O-])OC[C@H]2O[C@@H](n3cnc4c(N)ncnc43)C[C@@H]2O)P(=O)([O-])OP(=O)([O-])OC[C@H]2O[C@@H](n3cnc4c(N)ncnc43)C[C@@H]2O)O1. The minimum absolute atomic E-state index is 0.00980. The number of phosphoric acid groups is 2. The highest BCUT2D eigenvalue weighted by Crippen LogP contribution is 2.79. The molecule has 0 amide bonds. The number of nitrogen functional groups attached to an aromatic ring is 3. The number of nitrogens with one attached hydrogen (secondary N) is 5. The highest BCUT2D eigenvalue weighted by Gasteiger charge is 2.49. The van der Waals surface area contributed by atoms with Crippen LogP contribution >= 0.6 is 38.4 Å². The van der Waals surface area contributed by atoms with Gasteiger partial charge in [-0.2, -0.15) is 0 Å². The van der Waals surface area contributed by atoms with Crippen LogP contribution in [-0.2, 0) is 59.2 Å². The van der Waals surface area contributed by atoms with Crippen LogP contribution in [0, 0.1) is 0 Å². The first-order chi connectivity index (χ1) is 65.6. The molecule has 41 nitrogen and oxygen atoms in total. The molecule has 3 fully saturated rings. The van der Waals surface area contributed by atoms with E-state index in [2.05, 4.69) is 166 Å². The number of anilines is 3. The molecule has 9 heterocycles. The fraction of sp³-hybridized carbons (Fsp3) is 0.835. The van der Waals surface area contributed by atoms with Crippen LogP contribution in [0.3, 0.4) is 0 Å². The van der Waals surface area contributed by atoms with E-state index >= 15 is 0 Å². The molecule has 0 spiro atoms. The van der Waals surface area contributed by atoms with Crippen molar-refractivity contribution >= 4 is 89.4 Å². The van der Waals surface area contributed by atoms with Gasteiger partial charge in [0.15, 0.2) is 62.3 Å². The summed E-state index contributed by atoms with van der Waals surface area (Å²) in [6.45, 7) is 51.4. The van der Waals surface area contributed by atoms with Gasteiger partial charge in [-0.15, -0.1) is 0 Å². The number of fused-ring (bicyclic) bond motifs is 3. The van der Waals surface area contributed by atoms with E-state index in [0.29, 0.717) is 0 Å². The molecule has 137 heavy (non-hydrogen) atoms. The maximum atomic E-state index is 13.8. The molecule has 5 unspecified atom stereocenters. The van der Waals surface area contributed by atoms with E-state index in [1.807, 2.05) is 24.5 Å². The number of nitrogens with zero attached hydrogens (tertiary/aromatic N) is 12. The molecule has 3 saturated heterocycles. The third-order valence-electron chi connectivity index (χ3n) is 24.5. The lowest BCUT2D eigenvalue weighted by Gasteiger charge is -2.47. The van der Waals surface area contributed by atoms with Gasteiger partial charge in [0.2, 0.25) is 0 Å². The van der Waals surface area contributed by atoms with Gasteiger partial charge < -0.3 is 123 Å². The van der Waals surface area contributed by atoms with Gasteiger partial charge in [-0.1, -0.05) is 200 Å². The quantitative estimate of drug-likeness (QED) is 0.0164. The van der Waals surface area contributed by atoms with Crippen LogP contribution in [-0.4, -0.2) is 234 Å². The second-order valence-corrected chi connectivity index (χ2v) is 46.1. The Balaban J connectivity index is 0.000000480. The van der Waals surface area contributed by atoms with Crippen molar-refractivity contribution in [1.29, 1.82) is 0 Å². The lowest BCUT2D eigenvalue weighted by atomic mass is 10.2. The van der Waals surface area contributed by atoms with E-state index in [-0.39, 0.29) is 70.2 Å². The van der Waals surface area contributed by atoms with E-state index in [1.165, 1.54) is 323 Å². The van der Waals surface area contributed by atoms with Gasteiger partial charge in [-0.3, -0.25) is 31.5 Å². The maximum absolute atomic E-state index is 13.8. The number of unbranched alkanes of at least 4 members (excludes halogenated alkanes) is 15. The first-order valence-electron chi connectivity index (χ1n) is 51.4. The second-order valence-electron chi connectivity index (χ2n) is 36.3. The van der Waals surface area contributed by atoms with Crippen LogP contribution in [0.2, 0.25) is 0 Å². The average Bonchev–Trinajstić information content (AvgIpc) is 1.72. The molecule has 0 radical (unpaired) electrons. The molecule has 3 aliphatic rings.